The third-order valence-electron chi connectivity index (χ3n) is 4.80. The Bertz CT molecular complexity index is 1220. The summed E-state index contributed by atoms with van der Waals surface area (Å²) in [4.78, 5) is 18.1. The van der Waals surface area contributed by atoms with Gasteiger partial charge in [-0.1, -0.05) is 71.9 Å². The van der Waals surface area contributed by atoms with Crippen LogP contribution in [-0.4, -0.2) is 16.7 Å². The molecule has 4 rings (SSSR count). The Morgan fingerprint density at radius 1 is 1.00 bits per heavy atom. The summed E-state index contributed by atoms with van der Waals surface area (Å²) in [6.07, 6.45) is 0. The quantitative estimate of drug-likeness (QED) is 0.334. The van der Waals surface area contributed by atoms with Gasteiger partial charge < -0.3 is 4.74 Å². The van der Waals surface area contributed by atoms with E-state index in [9.17, 15) is 4.79 Å². The standard InChI is InChI=1S/C24H22N2O2S/c1-17-8-7-9-18(14-17)16-29-24-25-21-12-5-4-11-20(21)23(27)26(24)15-19-10-3-6-13-22(19)28-2/h3-14H,15-16H2,1-2H3. The maximum absolute atomic E-state index is 13.3. The number of ether oxygens (including phenoxy) is 1. The minimum atomic E-state index is -0.0340. The molecule has 0 radical (unpaired) electrons. The smallest absolute Gasteiger partial charge is 0.262 e. The number of thioether (sulfide) groups is 1. The number of fused-ring (bicyclic) bond motifs is 1. The van der Waals surface area contributed by atoms with Crippen molar-refractivity contribution >= 4 is 22.7 Å². The first-order valence-corrected chi connectivity index (χ1v) is 10.4. The van der Waals surface area contributed by atoms with Crippen molar-refractivity contribution < 1.29 is 4.74 Å². The number of aryl methyl sites for hydroxylation is 1. The van der Waals surface area contributed by atoms with Crippen LogP contribution >= 0.6 is 11.8 Å². The number of aromatic nitrogens is 2. The van der Waals surface area contributed by atoms with Crippen molar-refractivity contribution in [3.05, 3.63) is 99.8 Å². The molecule has 1 heterocycles. The van der Waals surface area contributed by atoms with Crippen molar-refractivity contribution in [3.8, 4) is 5.75 Å². The monoisotopic (exact) mass is 402 g/mol. The normalized spacial score (nSPS) is 11.0. The number of rotatable bonds is 6. The van der Waals surface area contributed by atoms with E-state index in [0.717, 1.165) is 22.6 Å². The molecule has 0 unspecified atom stereocenters. The van der Waals surface area contributed by atoms with Gasteiger partial charge in [0.05, 0.1) is 24.6 Å². The molecule has 5 heteroatoms. The summed E-state index contributed by atoms with van der Waals surface area (Å²) < 4.78 is 7.24. The number of hydrogen-bond donors (Lipinski definition) is 0. The van der Waals surface area contributed by atoms with Gasteiger partial charge in [0.15, 0.2) is 5.16 Å². The first-order valence-electron chi connectivity index (χ1n) is 9.45. The van der Waals surface area contributed by atoms with Crippen molar-refractivity contribution in [2.75, 3.05) is 7.11 Å². The molecule has 0 spiro atoms. The van der Waals surface area contributed by atoms with Crippen LogP contribution in [0.25, 0.3) is 10.9 Å². The Morgan fingerprint density at radius 3 is 2.62 bits per heavy atom. The molecule has 0 amide bonds. The molecule has 0 bridgehead atoms. The molecule has 0 atom stereocenters. The third-order valence-corrected chi connectivity index (χ3v) is 5.85. The zero-order valence-corrected chi connectivity index (χ0v) is 17.3. The predicted octanol–water partition coefficient (Wildman–Crippen LogP) is 5.05. The summed E-state index contributed by atoms with van der Waals surface area (Å²) in [6, 6.07) is 23.7. The first-order chi connectivity index (χ1) is 14.2. The van der Waals surface area contributed by atoms with Crippen LogP contribution in [0.3, 0.4) is 0 Å². The fourth-order valence-corrected chi connectivity index (χ4v) is 4.29. The molecule has 146 valence electrons. The van der Waals surface area contributed by atoms with E-state index in [4.69, 9.17) is 9.72 Å². The van der Waals surface area contributed by atoms with E-state index in [1.807, 2.05) is 48.5 Å². The SMILES string of the molecule is COc1ccccc1Cn1c(SCc2cccc(C)c2)nc2ccccc2c1=O. The topological polar surface area (TPSA) is 44.1 Å². The Hall–Kier alpha value is -3.05. The van der Waals surface area contributed by atoms with Crippen molar-refractivity contribution in [2.45, 2.75) is 24.4 Å². The fourth-order valence-electron chi connectivity index (χ4n) is 3.35. The van der Waals surface area contributed by atoms with Crippen molar-refractivity contribution in [1.29, 1.82) is 0 Å². The van der Waals surface area contributed by atoms with E-state index in [1.54, 1.807) is 23.4 Å². The van der Waals surface area contributed by atoms with Gasteiger partial charge in [-0.2, -0.15) is 0 Å². The lowest BCUT2D eigenvalue weighted by Crippen LogP contribution is -2.24. The summed E-state index contributed by atoms with van der Waals surface area (Å²) in [6.45, 7) is 2.50. The zero-order chi connectivity index (χ0) is 20.2. The van der Waals surface area contributed by atoms with Crippen LogP contribution in [0.1, 0.15) is 16.7 Å². The van der Waals surface area contributed by atoms with Gasteiger partial charge >= 0.3 is 0 Å². The molecular formula is C24H22N2O2S. The second-order valence-electron chi connectivity index (χ2n) is 6.89. The number of methoxy groups -OCH3 is 1. The van der Waals surface area contributed by atoms with Gasteiger partial charge in [0.25, 0.3) is 5.56 Å². The summed E-state index contributed by atoms with van der Waals surface area (Å²) in [7, 11) is 1.65. The highest BCUT2D eigenvalue weighted by atomic mass is 32.2. The van der Waals surface area contributed by atoms with Crippen molar-refractivity contribution in [1.82, 2.24) is 9.55 Å². The fraction of sp³-hybridized carbons (Fsp3) is 0.167. The summed E-state index contributed by atoms with van der Waals surface area (Å²) in [5.74, 6) is 1.51. The van der Waals surface area contributed by atoms with Crippen molar-refractivity contribution in [3.63, 3.8) is 0 Å². The average molecular weight is 403 g/mol. The average Bonchev–Trinajstić information content (AvgIpc) is 2.75. The molecule has 0 saturated heterocycles. The van der Waals surface area contributed by atoms with E-state index in [1.165, 1.54) is 11.1 Å². The maximum atomic E-state index is 13.3. The van der Waals surface area contributed by atoms with Gasteiger partial charge in [0.1, 0.15) is 5.75 Å². The van der Waals surface area contributed by atoms with Crippen LogP contribution < -0.4 is 10.3 Å². The highest BCUT2D eigenvalue weighted by Crippen LogP contribution is 2.25. The van der Waals surface area contributed by atoms with E-state index in [-0.39, 0.29) is 5.56 Å². The minimum Gasteiger partial charge on any atom is -0.496 e. The van der Waals surface area contributed by atoms with E-state index >= 15 is 0 Å². The van der Waals surface area contributed by atoms with Crippen LogP contribution in [0, 0.1) is 6.92 Å². The van der Waals surface area contributed by atoms with Gasteiger partial charge in [0.2, 0.25) is 0 Å². The van der Waals surface area contributed by atoms with Gasteiger partial charge in [-0.05, 0) is 30.7 Å². The molecule has 0 fully saturated rings. The lowest BCUT2D eigenvalue weighted by atomic mass is 10.2. The molecule has 0 aliphatic rings. The Labute approximate surface area is 174 Å². The minimum absolute atomic E-state index is 0.0340. The van der Waals surface area contributed by atoms with Gasteiger partial charge in [0, 0.05) is 11.3 Å². The molecule has 1 aromatic heterocycles. The molecule has 0 N–H and O–H groups in total. The lowest BCUT2D eigenvalue weighted by molar-refractivity contribution is 0.407. The number of para-hydroxylation sites is 2. The lowest BCUT2D eigenvalue weighted by Gasteiger charge is -2.15. The van der Waals surface area contributed by atoms with Crippen LogP contribution in [0.5, 0.6) is 5.75 Å². The van der Waals surface area contributed by atoms with Crippen LogP contribution in [0.15, 0.2) is 82.7 Å². The molecule has 29 heavy (non-hydrogen) atoms. The van der Waals surface area contributed by atoms with Crippen LogP contribution in [0.4, 0.5) is 0 Å². The zero-order valence-electron chi connectivity index (χ0n) is 16.5. The largest absolute Gasteiger partial charge is 0.496 e. The summed E-state index contributed by atoms with van der Waals surface area (Å²) in [5, 5.41) is 1.34. The third kappa shape index (κ3) is 4.20. The molecule has 0 saturated carbocycles. The molecular weight excluding hydrogens is 380 g/mol. The Kier molecular flexibility index (Phi) is 5.67. The number of hydrogen-bond acceptors (Lipinski definition) is 4. The summed E-state index contributed by atoms with van der Waals surface area (Å²) >= 11 is 1.58. The molecule has 0 aliphatic heterocycles. The maximum Gasteiger partial charge on any atom is 0.262 e. The van der Waals surface area contributed by atoms with Crippen LogP contribution in [0.2, 0.25) is 0 Å². The molecule has 3 aromatic carbocycles. The highest BCUT2D eigenvalue weighted by molar-refractivity contribution is 7.98. The van der Waals surface area contributed by atoms with Crippen molar-refractivity contribution in [2.24, 2.45) is 0 Å². The van der Waals surface area contributed by atoms with E-state index in [0.29, 0.717) is 17.1 Å². The molecule has 0 aliphatic carbocycles. The number of nitrogens with zero attached hydrogens (tertiary/aromatic N) is 2. The predicted molar refractivity (Wildman–Crippen MR) is 119 cm³/mol. The molecule has 4 nitrogen and oxygen atoms in total. The van der Waals surface area contributed by atoms with Gasteiger partial charge in [-0.3, -0.25) is 9.36 Å². The highest BCUT2D eigenvalue weighted by Gasteiger charge is 2.14. The number of benzene rings is 3. The second kappa shape index (κ2) is 8.53. The first kappa shape index (κ1) is 19.3. The van der Waals surface area contributed by atoms with E-state index in [2.05, 4.69) is 31.2 Å². The van der Waals surface area contributed by atoms with Gasteiger partial charge in [-0.15, -0.1) is 0 Å². The Balaban J connectivity index is 1.77. The molecule has 4 aromatic rings. The van der Waals surface area contributed by atoms with E-state index < -0.39 is 0 Å². The van der Waals surface area contributed by atoms with Crippen LogP contribution in [-0.2, 0) is 12.3 Å². The second-order valence-corrected chi connectivity index (χ2v) is 7.83. The Morgan fingerprint density at radius 2 is 1.79 bits per heavy atom. The summed E-state index contributed by atoms with van der Waals surface area (Å²) in [5.41, 5.74) is 4.07. The van der Waals surface area contributed by atoms with Gasteiger partial charge in [-0.25, -0.2) is 4.98 Å².